The lowest BCUT2D eigenvalue weighted by atomic mass is 10.0. The topological polar surface area (TPSA) is 65.3 Å². The molecule has 0 aliphatic carbocycles. The first kappa shape index (κ1) is 19.6. The number of nitrogens with one attached hydrogen (secondary N) is 1. The molecule has 0 unspecified atom stereocenters. The lowest BCUT2D eigenvalue weighted by Crippen LogP contribution is -2.34. The van der Waals surface area contributed by atoms with Gasteiger partial charge in [-0.25, -0.2) is 4.79 Å². The molecule has 0 radical (unpaired) electrons. The zero-order valence-electron chi connectivity index (χ0n) is 15.9. The van der Waals surface area contributed by atoms with Crippen molar-refractivity contribution in [3.63, 3.8) is 0 Å². The van der Waals surface area contributed by atoms with Gasteiger partial charge in [0.05, 0.1) is 10.9 Å². The van der Waals surface area contributed by atoms with Crippen molar-refractivity contribution in [2.24, 2.45) is 0 Å². The van der Waals surface area contributed by atoms with Gasteiger partial charge in [-0.2, -0.15) is 4.73 Å². The molecule has 1 aromatic carbocycles. The lowest BCUT2D eigenvalue weighted by Gasteiger charge is -2.19. The number of hydrogen-bond acceptors (Lipinski definition) is 3. The first-order valence-electron chi connectivity index (χ1n) is 8.91. The number of fused-ring (bicyclic) bond motifs is 1. The average molecular weight is 354 g/mol. The van der Waals surface area contributed by atoms with Crippen LogP contribution in [0.3, 0.4) is 0 Å². The monoisotopic (exact) mass is 354 g/mol. The molecule has 138 valence electrons. The van der Waals surface area contributed by atoms with Crippen LogP contribution in [0.4, 0.5) is 4.79 Å². The van der Waals surface area contributed by atoms with Crippen molar-refractivity contribution in [2.45, 2.75) is 52.6 Å². The predicted molar refractivity (Wildman–Crippen MR) is 103 cm³/mol. The van der Waals surface area contributed by atoms with E-state index in [2.05, 4.69) is 24.1 Å². The maximum Gasteiger partial charge on any atom is 0.407 e. The predicted octanol–water partition coefficient (Wildman–Crippen LogP) is 3.69. The van der Waals surface area contributed by atoms with Crippen LogP contribution in [0, 0.1) is 17.0 Å². The second-order valence-corrected chi connectivity index (χ2v) is 7.09. The highest BCUT2D eigenvalue weighted by molar-refractivity contribution is 5.81. The summed E-state index contributed by atoms with van der Waals surface area (Å²) < 4.78 is 6.12. The van der Waals surface area contributed by atoms with Crippen LogP contribution in [-0.4, -0.2) is 18.2 Å². The van der Waals surface area contributed by atoms with Crippen molar-refractivity contribution < 1.29 is 14.3 Å². The molecule has 0 saturated heterocycles. The van der Waals surface area contributed by atoms with Gasteiger partial charge in [-0.3, -0.25) is 0 Å². The van der Waals surface area contributed by atoms with E-state index in [4.69, 9.17) is 4.74 Å². The minimum Gasteiger partial charge on any atom is -0.618 e. The number of para-hydroxylation sites is 1. The SMILES string of the molecule is CCCC#Cc1c[n+]([O-])c2ccccc2c1CCNC(=O)OC(C)(C)C. The molecule has 0 bridgehead atoms. The van der Waals surface area contributed by atoms with Crippen LogP contribution >= 0.6 is 0 Å². The van der Waals surface area contributed by atoms with Crippen molar-refractivity contribution in [3.8, 4) is 11.8 Å². The van der Waals surface area contributed by atoms with Crippen LogP contribution in [0.2, 0.25) is 0 Å². The normalized spacial score (nSPS) is 10.9. The largest absolute Gasteiger partial charge is 0.618 e. The fourth-order valence-corrected chi connectivity index (χ4v) is 2.59. The fraction of sp³-hybridized carbons (Fsp3) is 0.429. The van der Waals surface area contributed by atoms with Crippen LogP contribution in [0.1, 0.15) is 51.7 Å². The molecule has 1 amide bonds. The number of carbonyl (C=O) groups excluding carboxylic acids is 1. The Morgan fingerprint density at radius 2 is 2.04 bits per heavy atom. The van der Waals surface area contributed by atoms with Crippen molar-refractivity contribution >= 4 is 17.0 Å². The summed E-state index contributed by atoms with van der Waals surface area (Å²) in [6, 6.07) is 7.44. The second-order valence-electron chi connectivity index (χ2n) is 7.09. The highest BCUT2D eigenvalue weighted by Gasteiger charge is 2.17. The average Bonchev–Trinajstić information content (AvgIpc) is 2.56. The van der Waals surface area contributed by atoms with E-state index in [0.717, 1.165) is 28.5 Å². The number of nitrogens with zero attached hydrogens (tertiary/aromatic N) is 1. The number of carbonyl (C=O) groups is 1. The number of ether oxygens (including phenoxy) is 1. The van der Waals surface area contributed by atoms with Gasteiger partial charge < -0.3 is 15.3 Å². The smallest absolute Gasteiger partial charge is 0.407 e. The lowest BCUT2D eigenvalue weighted by molar-refractivity contribution is -0.577. The third-order valence-electron chi connectivity index (χ3n) is 3.68. The number of pyridine rings is 1. The maximum absolute atomic E-state index is 12.3. The number of aromatic nitrogens is 1. The zero-order chi connectivity index (χ0) is 19.2. The number of hydrogen-bond donors (Lipinski definition) is 1. The quantitative estimate of drug-likeness (QED) is 0.517. The van der Waals surface area contributed by atoms with Gasteiger partial charge in [-0.15, -0.1) is 0 Å². The molecule has 5 heteroatoms. The minimum atomic E-state index is -0.533. The molecule has 0 fully saturated rings. The van der Waals surface area contributed by atoms with Crippen LogP contribution < -0.4 is 10.0 Å². The van der Waals surface area contributed by atoms with Crippen molar-refractivity contribution in [2.75, 3.05) is 6.54 Å². The Morgan fingerprint density at radius 3 is 2.73 bits per heavy atom. The van der Waals surface area contributed by atoms with E-state index in [0.29, 0.717) is 24.0 Å². The highest BCUT2D eigenvalue weighted by atomic mass is 16.6. The third kappa shape index (κ3) is 5.38. The molecular weight excluding hydrogens is 328 g/mol. The number of unbranched alkanes of at least 4 members (excludes halogenated alkanes) is 1. The van der Waals surface area contributed by atoms with E-state index in [1.165, 1.54) is 6.20 Å². The van der Waals surface area contributed by atoms with E-state index >= 15 is 0 Å². The molecule has 0 aliphatic rings. The first-order chi connectivity index (χ1) is 12.3. The zero-order valence-corrected chi connectivity index (χ0v) is 15.9. The summed E-state index contributed by atoms with van der Waals surface area (Å²) in [5, 5.41) is 15.9. The van der Waals surface area contributed by atoms with Crippen LogP contribution in [0.5, 0.6) is 0 Å². The molecule has 5 nitrogen and oxygen atoms in total. The summed E-state index contributed by atoms with van der Waals surface area (Å²) >= 11 is 0. The Morgan fingerprint density at radius 1 is 1.31 bits per heavy atom. The summed E-state index contributed by atoms with van der Waals surface area (Å²) in [7, 11) is 0. The molecule has 0 atom stereocenters. The summed E-state index contributed by atoms with van der Waals surface area (Å²) in [6.45, 7) is 7.95. The summed E-state index contributed by atoms with van der Waals surface area (Å²) in [5.74, 6) is 6.21. The fourth-order valence-electron chi connectivity index (χ4n) is 2.59. The van der Waals surface area contributed by atoms with Gasteiger partial charge in [0.15, 0.2) is 6.20 Å². The number of amides is 1. The molecule has 1 aromatic heterocycles. The van der Waals surface area contributed by atoms with Crippen molar-refractivity contribution in [1.82, 2.24) is 5.32 Å². The highest BCUT2D eigenvalue weighted by Crippen LogP contribution is 2.19. The Kier molecular flexibility index (Phi) is 6.46. The molecule has 0 aliphatic heterocycles. The Hall–Kier alpha value is -2.74. The van der Waals surface area contributed by atoms with Gasteiger partial charge >= 0.3 is 6.09 Å². The number of alkyl carbamates (subject to hydrolysis) is 1. The molecule has 0 spiro atoms. The molecule has 0 saturated carbocycles. The van der Waals surface area contributed by atoms with E-state index in [1.54, 1.807) is 6.07 Å². The third-order valence-corrected chi connectivity index (χ3v) is 3.68. The van der Waals surface area contributed by atoms with E-state index < -0.39 is 11.7 Å². The van der Waals surface area contributed by atoms with Gasteiger partial charge in [0.2, 0.25) is 5.52 Å². The minimum absolute atomic E-state index is 0.407. The van der Waals surface area contributed by atoms with E-state index in [9.17, 15) is 10.0 Å². The van der Waals surface area contributed by atoms with Crippen molar-refractivity contribution in [3.05, 3.63) is 46.8 Å². The van der Waals surface area contributed by atoms with Gasteiger partial charge in [0.1, 0.15) is 5.60 Å². The number of rotatable bonds is 4. The Balaban J connectivity index is 2.26. The van der Waals surface area contributed by atoms with E-state index in [-0.39, 0.29) is 0 Å². The molecule has 26 heavy (non-hydrogen) atoms. The molecular formula is C21H26N2O3. The molecule has 1 heterocycles. The molecule has 2 rings (SSSR count). The maximum atomic E-state index is 12.3. The summed E-state index contributed by atoms with van der Waals surface area (Å²) in [5.41, 5.74) is 1.74. The van der Waals surface area contributed by atoms with Crippen molar-refractivity contribution in [1.29, 1.82) is 0 Å². The van der Waals surface area contributed by atoms with Gasteiger partial charge in [-0.1, -0.05) is 30.9 Å². The first-order valence-corrected chi connectivity index (χ1v) is 8.91. The Labute approximate surface area is 154 Å². The number of benzene rings is 1. The standard InChI is InChI=1S/C21H26N2O3/c1-5-6-7-10-16-15-23(25)19-12-9-8-11-18(19)17(16)13-14-22-20(24)26-21(2,3)4/h8-9,11-12,15H,5-6,13-14H2,1-4H3,(H,22,24). The van der Waals surface area contributed by atoms with E-state index in [1.807, 2.05) is 39.0 Å². The van der Waals surface area contributed by atoms with Crippen LogP contribution in [0.25, 0.3) is 10.9 Å². The molecule has 2 aromatic rings. The Bertz CT molecular complexity index is 842. The van der Waals surface area contributed by atoms with Crippen LogP contribution in [-0.2, 0) is 11.2 Å². The summed E-state index contributed by atoms with van der Waals surface area (Å²) in [6.07, 6.45) is 3.38. The summed E-state index contributed by atoms with van der Waals surface area (Å²) in [4.78, 5) is 11.8. The van der Waals surface area contributed by atoms with Gasteiger partial charge in [-0.05, 0) is 45.2 Å². The van der Waals surface area contributed by atoms with Gasteiger partial charge in [0.25, 0.3) is 0 Å². The second kappa shape index (κ2) is 8.57. The van der Waals surface area contributed by atoms with Crippen LogP contribution in [0.15, 0.2) is 30.5 Å². The van der Waals surface area contributed by atoms with Gasteiger partial charge in [0, 0.05) is 19.0 Å². The molecule has 1 N–H and O–H groups in total.